The summed E-state index contributed by atoms with van der Waals surface area (Å²) in [6, 6.07) is 3.66. The van der Waals surface area contributed by atoms with Crippen LogP contribution in [0.25, 0.3) is 5.65 Å². The molecule has 2 aromatic rings. The van der Waals surface area contributed by atoms with E-state index >= 15 is 0 Å². The average Bonchev–Trinajstić information content (AvgIpc) is 2.62. The molecule has 0 aliphatic rings. The highest BCUT2D eigenvalue weighted by molar-refractivity contribution is 9.25. The Morgan fingerprint density at radius 2 is 2.33 bits per heavy atom. The first-order valence-electron chi connectivity index (χ1n) is 4.27. The number of nitrogens with zero attached hydrogens (tertiary/aromatic N) is 3. The number of hydrogen-bond donors (Lipinski definition) is 0. The standard InChI is InChI=1S/C9H7Br2N3O/c10-9(11)7(15)4-6-5-12-8-2-1-3-13-14(6)8/h1-3,5,9H,4H2. The van der Waals surface area contributed by atoms with Gasteiger partial charge in [-0.25, -0.2) is 9.50 Å². The molecule has 0 radical (unpaired) electrons. The molecule has 0 amide bonds. The largest absolute Gasteiger partial charge is 0.297 e. The number of fused-ring (bicyclic) bond motifs is 1. The number of Topliss-reactive ketones (excluding diaryl/α,β-unsaturated/α-hetero) is 1. The van der Waals surface area contributed by atoms with E-state index in [0.29, 0.717) is 6.42 Å². The number of ketones is 1. The number of alkyl halides is 2. The molecule has 78 valence electrons. The van der Waals surface area contributed by atoms with E-state index in [9.17, 15) is 4.79 Å². The maximum Gasteiger partial charge on any atom is 0.163 e. The van der Waals surface area contributed by atoms with Crippen molar-refractivity contribution >= 4 is 43.3 Å². The van der Waals surface area contributed by atoms with Crippen molar-refractivity contribution in [2.24, 2.45) is 0 Å². The molecular formula is C9H7Br2N3O. The summed E-state index contributed by atoms with van der Waals surface area (Å²) < 4.78 is 1.35. The highest BCUT2D eigenvalue weighted by Gasteiger charge is 2.14. The Hall–Kier alpha value is -0.750. The van der Waals surface area contributed by atoms with E-state index in [4.69, 9.17) is 0 Å². The minimum atomic E-state index is -0.320. The highest BCUT2D eigenvalue weighted by Crippen LogP contribution is 2.13. The zero-order valence-corrected chi connectivity index (χ0v) is 10.8. The maximum absolute atomic E-state index is 11.5. The van der Waals surface area contributed by atoms with Crippen molar-refractivity contribution in [3.63, 3.8) is 0 Å². The van der Waals surface area contributed by atoms with Gasteiger partial charge in [-0.15, -0.1) is 0 Å². The molecule has 0 bridgehead atoms. The minimum absolute atomic E-state index is 0.0439. The monoisotopic (exact) mass is 331 g/mol. The van der Waals surface area contributed by atoms with Gasteiger partial charge in [0.1, 0.15) is 3.74 Å². The number of carbonyl (C=O) groups is 1. The summed E-state index contributed by atoms with van der Waals surface area (Å²) in [7, 11) is 0. The molecule has 0 spiro atoms. The van der Waals surface area contributed by atoms with Gasteiger partial charge in [-0.2, -0.15) is 5.10 Å². The Morgan fingerprint density at radius 3 is 3.07 bits per heavy atom. The van der Waals surface area contributed by atoms with Gasteiger partial charge in [-0.05, 0) is 12.1 Å². The lowest BCUT2D eigenvalue weighted by atomic mass is 10.2. The van der Waals surface area contributed by atoms with Gasteiger partial charge >= 0.3 is 0 Å². The Kier molecular flexibility index (Phi) is 3.16. The van der Waals surface area contributed by atoms with Crippen molar-refractivity contribution in [1.82, 2.24) is 14.6 Å². The number of imidazole rings is 1. The molecular weight excluding hydrogens is 326 g/mol. The van der Waals surface area contributed by atoms with Gasteiger partial charge < -0.3 is 0 Å². The lowest BCUT2D eigenvalue weighted by Gasteiger charge is -2.00. The Morgan fingerprint density at radius 1 is 1.53 bits per heavy atom. The first kappa shape index (κ1) is 10.8. The van der Waals surface area contributed by atoms with Crippen LogP contribution in [0.4, 0.5) is 0 Å². The lowest BCUT2D eigenvalue weighted by molar-refractivity contribution is -0.116. The van der Waals surface area contributed by atoms with Crippen LogP contribution in [0, 0.1) is 0 Å². The zero-order valence-electron chi connectivity index (χ0n) is 7.60. The number of rotatable bonds is 3. The van der Waals surface area contributed by atoms with Gasteiger partial charge in [0.05, 0.1) is 18.3 Å². The maximum atomic E-state index is 11.5. The van der Waals surface area contributed by atoms with Crippen molar-refractivity contribution in [3.05, 3.63) is 30.2 Å². The van der Waals surface area contributed by atoms with E-state index < -0.39 is 0 Å². The van der Waals surface area contributed by atoms with Crippen molar-refractivity contribution in [3.8, 4) is 0 Å². The fourth-order valence-electron chi connectivity index (χ4n) is 1.25. The summed E-state index contributed by atoms with van der Waals surface area (Å²) in [4.78, 5) is 15.6. The summed E-state index contributed by atoms with van der Waals surface area (Å²) in [6.45, 7) is 0. The Labute approximate surface area is 103 Å². The molecule has 15 heavy (non-hydrogen) atoms. The molecule has 0 aliphatic heterocycles. The number of hydrogen-bond acceptors (Lipinski definition) is 3. The SMILES string of the molecule is O=C(Cc1cnc2cccnn12)C(Br)Br. The van der Waals surface area contributed by atoms with Crippen molar-refractivity contribution < 1.29 is 4.79 Å². The van der Waals surface area contributed by atoms with Crippen molar-refractivity contribution in [2.45, 2.75) is 10.2 Å². The van der Waals surface area contributed by atoms with E-state index in [1.807, 2.05) is 12.1 Å². The fourth-order valence-corrected chi connectivity index (χ4v) is 1.58. The molecule has 4 nitrogen and oxygen atoms in total. The normalized spacial score (nSPS) is 11.1. The molecule has 0 atom stereocenters. The summed E-state index contributed by atoms with van der Waals surface area (Å²) in [6.07, 6.45) is 3.64. The minimum Gasteiger partial charge on any atom is -0.297 e. The third-order valence-corrected chi connectivity index (χ3v) is 2.97. The van der Waals surface area contributed by atoms with Crippen molar-refractivity contribution in [1.29, 1.82) is 0 Å². The van der Waals surface area contributed by atoms with Crippen molar-refractivity contribution in [2.75, 3.05) is 0 Å². The topological polar surface area (TPSA) is 47.3 Å². The highest BCUT2D eigenvalue weighted by atomic mass is 79.9. The lowest BCUT2D eigenvalue weighted by Crippen LogP contribution is -2.12. The molecule has 2 rings (SSSR count). The van der Waals surface area contributed by atoms with Crippen LogP contribution in [-0.4, -0.2) is 24.1 Å². The third-order valence-electron chi connectivity index (χ3n) is 1.95. The molecule has 0 N–H and O–H groups in total. The molecule has 0 fully saturated rings. The molecule has 0 unspecified atom stereocenters. The third kappa shape index (κ3) is 2.26. The van der Waals surface area contributed by atoms with E-state index in [0.717, 1.165) is 11.3 Å². The van der Waals surface area contributed by atoms with Gasteiger partial charge in [-0.3, -0.25) is 4.79 Å². The summed E-state index contributed by atoms with van der Waals surface area (Å²) in [5.41, 5.74) is 1.54. The van der Waals surface area contributed by atoms with Crippen LogP contribution in [-0.2, 0) is 11.2 Å². The second kappa shape index (κ2) is 4.40. The Bertz CT molecular complexity index is 495. The number of aromatic nitrogens is 3. The predicted molar refractivity (Wildman–Crippen MR) is 63.3 cm³/mol. The average molecular weight is 333 g/mol. The van der Waals surface area contributed by atoms with Crippen LogP contribution < -0.4 is 0 Å². The van der Waals surface area contributed by atoms with Gasteiger partial charge in [0.15, 0.2) is 11.4 Å². The van der Waals surface area contributed by atoms with Crippen LogP contribution in [0.2, 0.25) is 0 Å². The van der Waals surface area contributed by atoms with Crippen LogP contribution in [0.5, 0.6) is 0 Å². The number of carbonyl (C=O) groups excluding carboxylic acids is 1. The molecule has 6 heteroatoms. The van der Waals surface area contributed by atoms with E-state index in [1.54, 1.807) is 16.9 Å². The van der Waals surface area contributed by atoms with Crippen LogP contribution >= 0.6 is 31.9 Å². The smallest absolute Gasteiger partial charge is 0.163 e. The van der Waals surface area contributed by atoms with Crippen LogP contribution in [0.1, 0.15) is 5.69 Å². The molecule has 0 saturated heterocycles. The molecule has 2 heterocycles. The summed E-state index contributed by atoms with van der Waals surface area (Å²) >= 11 is 6.33. The second-order valence-corrected chi connectivity index (χ2v) is 6.05. The Balaban J connectivity index is 2.33. The van der Waals surface area contributed by atoms with Gasteiger partial charge in [0, 0.05) is 6.20 Å². The van der Waals surface area contributed by atoms with Gasteiger partial charge in [-0.1, -0.05) is 31.9 Å². The second-order valence-electron chi connectivity index (χ2n) is 2.99. The number of halogens is 2. The van der Waals surface area contributed by atoms with E-state index in [2.05, 4.69) is 41.9 Å². The van der Waals surface area contributed by atoms with E-state index in [1.165, 1.54) is 0 Å². The van der Waals surface area contributed by atoms with E-state index in [-0.39, 0.29) is 9.52 Å². The van der Waals surface area contributed by atoms with Crippen LogP contribution in [0.3, 0.4) is 0 Å². The first-order chi connectivity index (χ1) is 7.18. The van der Waals surface area contributed by atoms with Gasteiger partial charge in [0.25, 0.3) is 0 Å². The zero-order chi connectivity index (χ0) is 10.8. The molecule has 0 saturated carbocycles. The van der Waals surface area contributed by atoms with Gasteiger partial charge in [0.2, 0.25) is 0 Å². The first-order valence-corrected chi connectivity index (χ1v) is 6.10. The molecule has 0 aliphatic carbocycles. The predicted octanol–water partition coefficient (Wildman–Crippen LogP) is 1.96. The molecule has 0 aromatic carbocycles. The fraction of sp³-hybridized carbons (Fsp3) is 0.222. The molecule has 2 aromatic heterocycles. The van der Waals surface area contributed by atoms with Crippen LogP contribution in [0.15, 0.2) is 24.5 Å². The quantitative estimate of drug-likeness (QED) is 0.807. The summed E-state index contributed by atoms with van der Waals surface area (Å²) in [5, 5.41) is 4.12. The summed E-state index contributed by atoms with van der Waals surface area (Å²) in [5.74, 6) is 0.0439.